The summed E-state index contributed by atoms with van der Waals surface area (Å²) in [6, 6.07) is 6.58. The van der Waals surface area contributed by atoms with Gasteiger partial charge in [0.2, 0.25) is 0 Å². The van der Waals surface area contributed by atoms with Gasteiger partial charge < -0.3 is 15.6 Å². The van der Waals surface area contributed by atoms with Crippen LogP contribution in [0.5, 0.6) is 11.5 Å². The predicted octanol–water partition coefficient (Wildman–Crippen LogP) is 5.20. The highest BCUT2D eigenvalue weighted by Crippen LogP contribution is 2.42. The molecular weight excluding hydrogens is 448 g/mol. The molecule has 166 valence electrons. The van der Waals surface area contributed by atoms with E-state index in [9.17, 15) is 31.4 Å². The second kappa shape index (κ2) is 8.09. The summed E-state index contributed by atoms with van der Waals surface area (Å²) < 4.78 is 84.6. The van der Waals surface area contributed by atoms with Crippen molar-refractivity contribution < 1.29 is 36.2 Å². The minimum Gasteiger partial charge on any atom is -0.457 e. The summed E-state index contributed by atoms with van der Waals surface area (Å²) in [5.74, 6) is -1.06. The first kappa shape index (κ1) is 23.0. The van der Waals surface area contributed by atoms with E-state index in [1.165, 1.54) is 13.0 Å². The molecule has 5 nitrogen and oxygen atoms in total. The van der Waals surface area contributed by atoms with E-state index in [1.807, 2.05) is 0 Å². The standard InChI is InChI=1S/C19H15F6N3O2S/c1-17(26,9-29)16-28-27-15(31-16)10-5-6-14(13(7-10)19(23,24)25)30-12-4-2-3-11(8-12)18(20,21)22/h2-8,29H,9,26H2,1H3/t17-/m0/s1. The zero-order chi connectivity index (χ0) is 23.0. The van der Waals surface area contributed by atoms with Crippen molar-refractivity contribution in [2.45, 2.75) is 24.8 Å². The number of nitrogens with zero attached hydrogens (tertiary/aromatic N) is 2. The molecule has 2 aromatic carbocycles. The van der Waals surface area contributed by atoms with Gasteiger partial charge in [-0.15, -0.1) is 10.2 Å². The van der Waals surface area contributed by atoms with Crippen LogP contribution in [0.15, 0.2) is 42.5 Å². The van der Waals surface area contributed by atoms with Crippen LogP contribution in [0.2, 0.25) is 0 Å². The van der Waals surface area contributed by atoms with E-state index in [0.717, 1.165) is 41.7 Å². The topological polar surface area (TPSA) is 81.3 Å². The molecule has 0 aliphatic carbocycles. The fourth-order valence-electron chi connectivity index (χ4n) is 2.47. The number of nitrogens with two attached hydrogens (primary N) is 1. The number of rotatable bonds is 5. The van der Waals surface area contributed by atoms with Crippen molar-refractivity contribution in [3.05, 3.63) is 58.6 Å². The number of hydrogen-bond acceptors (Lipinski definition) is 6. The van der Waals surface area contributed by atoms with Gasteiger partial charge in [0.25, 0.3) is 0 Å². The van der Waals surface area contributed by atoms with Gasteiger partial charge in [0.15, 0.2) is 0 Å². The van der Waals surface area contributed by atoms with Gasteiger partial charge >= 0.3 is 12.4 Å². The number of alkyl halides is 6. The summed E-state index contributed by atoms with van der Waals surface area (Å²) >= 11 is 0.911. The van der Waals surface area contributed by atoms with Gasteiger partial charge in [0.1, 0.15) is 21.5 Å². The van der Waals surface area contributed by atoms with E-state index in [-0.39, 0.29) is 15.6 Å². The summed E-state index contributed by atoms with van der Waals surface area (Å²) in [5, 5.41) is 17.3. The molecule has 0 saturated carbocycles. The molecule has 0 fully saturated rings. The molecular formula is C19H15F6N3O2S. The van der Waals surface area contributed by atoms with Crippen molar-refractivity contribution in [1.29, 1.82) is 0 Å². The van der Waals surface area contributed by atoms with Gasteiger partial charge in [-0.05, 0) is 43.3 Å². The minimum absolute atomic E-state index is 0.0567. The SMILES string of the molecule is C[C@](N)(CO)c1nnc(-c2ccc(Oc3cccc(C(F)(F)F)c3)c(C(F)(F)F)c2)s1. The van der Waals surface area contributed by atoms with Crippen LogP contribution in [-0.4, -0.2) is 21.9 Å². The second-order valence-corrected chi connectivity index (χ2v) is 7.80. The van der Waals surface area contributed by atoms with Crippen LogP contribution in [0.25, 0.3) is 10.6 Å². The van der Waals surface area contributed by atoms with Crippen molar-refractivity contribution in [2.75, 3.05) is 6.61 Å². The third-order valence-corrected chi connectivity index (χ3v) is 5.42. The zero-order valence-electron chi connectivity index (χ0n) is 15.8. The minimum atomic E-state index is -4.85. The molecule has 1 atom stereocenters. The van der Waals surface area contributed by atoms with Crippen molar-refractivity contribution in [3.63, 3.8) is 0 Å². The zero-order valence-corrected chi connectivity index (χ0v) is 16.6. The Kier molecular flexibility index (Phi) is 6.00. The third-order valence-electron chi connectivity index (χ3n) is 4.16. The highest BCUT2D eigenvalue weighted by Gasteiger charge is 2.36. The Hall–Kier alpha value is -2.70. The number of halogens is 6. The number of aliphatic hydroxyl groups is 1. The summed E-state index contributed by atoms with van der Waals surface area (Å²) in [6.07, 6.45) is -9.52. The van der Waals surface area contributed by atoms with Crippen LogP contribution < -0.4 is 10.5 Å². The molecule has 0 aliphatic heterocycles. The Balaban J connectivity index is 1.99. The van der Waals surface area contributed by atoms with Crippen LogP contribution in [-0.2, 0) is 17.9 Å². The number of aliphatic hydroxyl groups excluding tert-OH is 1. The van der Waals surface area contributed by atoms with Crippen LogP contribution in [0.4, 0.5) is 26.3 Å². The average molecular weight is 463 g/mol. The molecule has 12 heteroatoms. The smallest absolute Gasteiger partial charge is 0.420 e. The molecule has 0 amide bonds. The van der Waals surface area contributed by atoms with Gasteiger partial charge in [-0.25, -0.2) is 0 Å². The highest BCUT2D eigenvalue weighted by molar-refractivity contribution is 7.14. The van der Waals surface area contributed by atoms with Crippen LogP contribution in [0.3, 0.4) is 0 Å². The van der Waals surface area contributed by atoms with Gasteiger partial charge in [-0.3, -0.25) is 0 Å². The lowest BCUT2D eigenvalue weighted by atomic mass is 10.1. The first-order chi connectivity index (χ1) is 14.3. The molecule has 0 radical (unpaired) electrons. The van der Waals surface area contributed by atoms with E-state index in [1.54, 1.807) is 0 Å². The molecule has 0 spiro atoms. The van der Waals surface area contributed by atoms with Gasteiger partial charge in [0.05, 0.1) is 23.3 Å². The normalized spacial score (nSPS) is 14.4. The first-order valence-electron chi connectivity index (χ1n) is 8.62. The maximum Gasteiger partial charge on any atom is 0.420 e. The lowest BCUT2D eigenvalue weighted by molar-refractivity contribution is -0.139. The van der Waals surface area contributed by atoms with E-state index >= 15 is 0 Å². The molecule has 0 unspecified atom stereocenters. The Morgan fingerprint density at radius 2 is 1.71 bits per heavy atom. The molecule has 3 rings (SSSR count). The molecule has 0 saturated heterocycles. The molecule has 3 N–H and O–H groups in total. The quantitative estimate of drug-likeness (QED) is 0.509. The van der Waals surface area contributed by atoms with E-state index < -0.39 is 47.1 Å². The fraction of sp³-hybridized carbons (Fsp3) is 0.263. The van der Waals surface area contributed by atoms with E-state index in [4.69, 9.17) is 10.5 Å². The first-order valence-corrected chi connectivity index (χ1v) is 9.43. The van der Waals surface area contributed by atoms with Gasteiger partial charge in [0, 0.05) is 5.56 Å². The number of hydrogen-bond donors (Lipinski definition) is 2. The maximum atomic E-state index is 13.6. The van der Waals surface area contributed by atoms with Crippen LogP contribution in [0.1, 0.15) is 23.1 Å². The molecule has 0 bridgehead atoms. The maximum absolute atomic E-state index is 13.6. The van der Waals surface area contributed by atoms with Crippen LogP contribution >= 0.6 is 11.3 Å². The van der Waals surface area contributed by atoms with Gasteiger partial charge in [-0.2, -0.15) is 26.3 Å². The molecule has 0 aliphatic rings. The van der Waals surface area contributed by atoms with E-state index in [2.05, 4.69) is 10.2 Å². The monoisotopic (exact) mass is 463 g/mol. The van der Waals surface area contributed by atoms with Crippen LogP contribution in [0, 0.1) is 0 Å². The van der Waals surface area contributed by atoms with Crippen molar-refractivity contribution in [1.82, 2.24) is 10.2 Å². The lowest BCUT2D eigenvalue weighted by Crippen LogP contribution is -2.36. The predicted molar refractivity (Wildman–Crippen MR) is 100 cm³/mol. The second-order valence-electron chi connectivity index (χ2n) is 6.82. The van der Waals surface area contributed by atoms with Crippen molar-refractivity contribution in [2.24, 2.45) is 5.73 Å². The van der Waals surface area contributed by atoms with Crippen molar-refractivity contribution >= 4 is 11.3 Å². The summed E-state index contributed by atoms with van der Waals surface area (Å²) in [7, 11) is 0. The summed E-state index contributed by atoms with van der Waals surface area (Å²) in [6.45, 7) is 1.05. The molecule has 3 aromatic rings. The molecule has 31 heavy (non-hydrogen) atoms. The average Bonchev–Trinajstić information content (AvgIpc) is 3.18. The fourth-order valence-corrected chi connectivity index (χ4v) is 3.36. The Bertz CT molecular complexity index is 1080. The Morgan fingerprint density at radius 1 is 1.00 bits per heavy atom. The van der Waals surface area contributed by atoms with Gasteiger partial charge in [-0.1, -0.05) is 17.4 Å². The third kappa shape index (κ3) is 5.14. The summed E-state index contributed by atoms with van der Waals surface area (Å²) in [5.41, 5.74) is 2.45. The lowest BCUT2D eigenvalue weighted by Gasteiger charge is -2.17. The largest absolute Gasteiger partial charge is 0.457 e. The number of aromatic nitrogens is 2. The highest BCUT2D eigenvalue weighted by atomic mass is 32.1. The van der Waals surface area contributed by atoms with Crippen molar-refractivity contribution in [3.8, 4) is 22.1 Å². The molecule has 1 aromatic heterocycles. The molecule has 1 heterocycles. The van der Waals surface area contributed by atoms with E-state index in [0.29, 0.717) is 6.07 Å². The number of ether oxygens (including phenoxy) is 1. The Morgan fingerprint density at radius 3 is 2.32 bits per heavy atom. The summed E-state index contributed by atoms with van der Waals surface area (Å²) in [4.78, 5) is 0. The number of benzene rings is 2. The Labute approximate surface area is 176 Å².